The largest absolute Gasteiger partial charge is 0.376 e. The molecule has 30 heavy (non-hydrogen) atoms. The molecule has 6 nitrogen and oxygen atoms in total. The minimum atomic E-state index is -3.20. The van der Waals surface area contributed by atoms with E-state index in [9.17, 15) is 13.2 Å². The molecule has 168 valence electrons. The fourth-order valence-electron chi connectivity index (χ4n) is 4.44. The van der Waals surface area contributed by atoms with Crippen LogP contribution in [0.15, 0.2) is 29.2 Å². The summed E-state index contributed by atoms with van der Waals surface area (Å²) in [6.45, 7) is 2.72. The van der Waals surface area contributed by atoms with Crippen LogP contribution in [0.3, 0.4) is 0 Å². The van der Waals surface area contributed by atoms with Crippen molar-refractivity contribution < 1.29 is 17.9 Å². The summed E-state index contributed by atoms with van der Waals surface area (Å²) >= 11 is 0. The number of carbonyl (C=O) groups excluding carboxylic acids is 1. The van der Waals surface area contributed by atoms with Crippen LogP contribution in [-0.2, 0) is 26.0 Å². The van der Waals surface area contributed by atoms with Gasteiger partial charge in [-0.2, -0.15) is 0 Å². The maximum atomic E-state index is 12.6. The minimum absolute atomic E-state index is 0.0984. The van der Waals surface area contributed by atoms with Crippen LogP contribution in [0.1, 0.15) is 57.4 Å². The highest BCUT2D eigenvalue weighted by Crippen LogP contribution is 2.32. The fraction of sp³-hybridized carbons (Fsp3) is 0.696. The van der Waals surface area contributed by atoms with Crippen LogP contribution in [0.2, 0.25) is 0 Å². The van der Waals surface area contributed by atoms with Crippen LogP contribution in [0.4, 0.5) is 0 Å². The van der Waals surface area contributed by atoms with Crippen LogP contribution in [-0.4, -0.2) is 50.7 Å². The molecule has 7 heteroatoms. The average molecular weight is 437 g/mol. The van der Waals surface area contributed by atoms with Gasteiger partial charge in [0.1, 0.15) is 0 Å². The standard InChI is InChI=1S/C23H36N2O4S/c1-3-30(27,28)21-9-4-6-18(14-21)16-29-15-17-10-12-19(13-11-17)22(24)23(26)25(2)20-7-5-8-20/h4,6,9,14,17,19-20,22H,3,5,7-8,10-13,15-16,24H2,1-2H3/t17?,19?,22-/m0/s1. The van der Waals surface area contributed by atoms with Gasteiger partial charge < -0.3 is 15.4 Å². The number of carbonyl (C=O) groups is 1. The molecule has 1 aromatic carbocycles. The second-order valence-electron chi connectivity index (χ2n) is 8.91. The van der Waals surface area contributed by atoms with Gasteiger partial charge in [-0.3, -0.25) is 4.79 Å². The van der Waals surface area contributed by atoms with Crippen LogP contribution in [0.25, 0.3) is 0 Å². The van der Waals surface area contributed by atoms with E-state index in [0.29, 0.717) is 30.1 Å². The Morgan fingerprint density at radius 3 is 2.50 bits per heavy atom. The molecule has 0 aliphatic heterocycles. The first-order chi connectivity index (χ1) is 14.3. The number of rotatable bonds is 9. The van der Waals surface area contributed by atoms with Gasteiger partial charge in [0.05, 0.1) is 23.3 Å². The summed E-state index contributed by atoms with van der Waals surface area (Å²) in [5.74, 6) is 0.922. The normalized spacial score (nSPS) is 23.6. The van der Waals surface area contributed by atoms with Gasteiger partial charge in [0, 0.05) is 19.7 Å². The smallest absolute Gasteiger partial charge is 0.239 e. The zero-order chi connectivity index (χ0) is 21.7. The van der Waals surface area contributed by atoms with Crippen LogP contribution >= 0.6 is 0 Å². The van der Waals surface area contributed by atoms with E-state index in [1.807, 2.05) is 18.0 Å². The highest BCUT2D eigenvalue weighted by Gasteiger charge is 2.34. The minimum Gasteiger partial charge on any atom is -0.376 e. The van der Waals surface area contributed by atoms with Crippen molar-refractivity contribution in [1.82, 2.24) is 4.90 Å². The highest BCUT2D eigenvalue weighted by molar-refractivity contribution is 7.91. The van der Waals surface area contributed by atoms with Gasteiger partial charge in [-0.1, -0.05) is 19.1 Å². The number of ether oxygens (including phenoxy) is 1. The molecule has 0 spiro atoms. The van der Waals surface area contributed by atoms with Crippen molar-refractivity contribution in [3.8, 4) is 0 Å². The van der Waals surface area contributed by atoms with Gasteiger partial charge in [-0.05, 0) is 74.5 Å². The molecule has 0 unspecified atom stereocenters. The third-order valence-corrected chi connectivity index (χ3v) is 8.65. The lowest BCUT2D eigenvalue weighted by Gasteiger charge is -2.38. The van der Waals surface area contributed by atoms with Crippen LogP contribution < -0.4 is 5.73 Å². The van der Waals surface area contributed by atoms with E-state index < -0.39 is 9.84 Å². The predicted octanol–water partition coefficient (Wildman–Crippen LogP) is 3.14. The molecule has 0 saturated heterocycles. The number of nitrogens with zero attached hydrogens (tertiary/aromatic N) is 1. The number of hydrogen-bond donors (Lipinski definition) is 1. The zero-order valence-electron chi connectivity index (χ0n) is 18.3. The summed E-state index contributed by atoms with van der Waals surface area (Å²) in [5, 5.41) is 0. The molecule has 2 saturated carbocycles. The van der Waals surface area contributed by atoms with Crippen molar-refractivity contribution >= 4 is 15.7 Å². The highest BCUT2D eigenvalue weighted by atomic mass is 32.2. The van der Waals surface area contributed by atoms with E-state index in [-0.39, 0.29) is 23.6 Å². The van der Waals surface area contributed by atoms with Gasteiger partial charge in [0.2, 0.25) is 5.91 Å². The van der Waals surface area contributed by atoms with E-state index in [4.69, 9.17) is 10.5 Å². The summed E-state index contributed by atoms with van der Waals surface area (Å²) in [6.07, 6.45) is 7.37. The number of likely N-dealkylation sites (N-methyl/N-ethyl adjacent to an activating group) is 1. The van der Waals surface area contributed by atoms with E-state index in [2.05, 4.69) is 0 Å². The van der Waals surface area contributed by atoms with Crippen molar-refractivity contribution in [2.24, 2.45) is 17.6 Å². The molecule has 2 fully saturated rings. The predicted molar refractivity (Wildman–Crippen MR) is 118 cm³/mol. The summed E-state index contributed by atoms with van der Waals surface area (Å²) in [5.41, 5.74) is 7.20. The quantitative estimate of drug-likeness (QED) is 0.642. The molecular weight excluding hydrogens is 400 g/mol. The van der Waals surface area contributed by atoms with E-state index in [1.54, 1.807) is 25.1 Å². The van der Waals surface area contributed by atoms with Crippen molar-refractivity contribution in [3.05, 3.63) is 29.8 Å². The number of benzene rings is 1. The lowest BCUT2D eigenvalue weighted by Crippen LogP contribution is -2.52. The third kappa shape index (κ3) is 5.62. The van der Waals surface area contributed by atoms with E-state index >= 15 is 0 Å². The Labute approximate surface area is 181 Å². The van der Waals surface area contributed by atoms with Crippen molar-refractivity contribution in [2.45, 2.75) is 75.5 Å². The van der Waals surface area contributed by atoms with Gasteiger partial charge in [0.15, 0.2) is 9.84 Å². The van der Waals surface area contributed by atoms with Crippen molar-refractivity contribution in [2.75, 3.05) is 19.4 Å². The molecule has 0 bridgehead atoms. The van der Waals surface area contributed by atoms with Crippen molar-refractivity contribution in [1.29, 1.82) is 0 Å². The Bertz CT molecular complexity index is 814. The Morgan fingerprint density at radius 1 is 1.20 bits per heavy atom. The van der Waals surface area contributed by atoms with E-state index in [0.717, 1.165) is 44.1 Å². The van der Waals surface area contributed by atoms with Crippen LogP contribution in [0, 0.1) is 11.8 Å². The molecule has 1 amide bonds. The molecule has 2 aliphatic rings. The lowest BCUT2D eigenvalue weighted by molar-refractivity contribution is -0.136. The summed E-state index contributed by atoms with van der Waals surface area (Å²) in [4.78, 5) is 14.9. The van der Waals surface area contributed by atoms with Gasteiger partial charge in [-0.15, -0.1) is 0 Å². The topological polar surface area (TPSA) is 89.7 Å². The maximum absolute atomic E-state index is 12.6. The first kappa shape index (κ1) is 23.2. The molecular formula is C23H36N2O4S. The average Bonchev–Trinajstić information content (AvgIpc) is 2.72. The molecule has 0 radical (unpaired) electrons. The second-order valence-corrected chi connectivity index (χ2v) is 11.2. The number of sulfone groups is 1. The molecule has 0 aromatic heterocycles. The zero-order valence-corrected chi connectivity index (χ0v) is 19.1. The Hall–Kier alpha value is -1.44. The number of nitrogens with two attached hydrogens (primary N) is 1. The molecule has 3 rings (SSSR count). The Kier molecular flexibility index (Phi) is 7.93. The molecule has 2 aliphatic carbocycles. The Balaban J connectivity index is 1.41. The Morgan fingerprint density at radius 2 is 1.90 bits per heavy atom. The van der Waals surface area contributed by atoms with Gasteiger partial charge in [0.25, 0.3) is 0 Å². The van der Waals surface area contributed by atoms with Gasteiger partial charge in [-0.25, -0.2) is 8.42 Å². The first-order valence-corrected chi connectivity index (χ1v) is 12.9. The van der Waals surface area contributed by atoms with Gasteiger partial charge >= 0.3 is 0 Å². The molecule has 0 heterocycles. The molecule has 1 aromatic rings. The third-order valence-electron chi connectivity index (χ3n) is 6.91. The summed E-state index contributed by atoms with van der Waals surface area (Å²) < 4.78 is 30.0. The second kappa shape index (κ2) is 10.2. The SMILES string of the molecule is CCS(=O)(=O)c1cccc(COCC2CCC([C@H](N)C(=O)N(C)C3CCC3)CC2)c1. The van der Waals surface area contributed by atoms with Crippen molar-refractivity contribution in [3.63, 3.8) is 0 Å². The molecule has 2 N–H and O–H groups in total. The summed E-state index contributed by atoms with van der Waals surface area (Å²) in [6, 6.07) is 7.01. The number of hydrogen-bond acceptors (Lipinski definition) is 5. The monoisotopic (exact) mass is 436 g/mol. The molecule has 1 atom stereocenters. The maximum Gasteiger partial charge on any atom is 0.239 e. The van der Waals surface area contributed by atoms with Crippen LogP contribution in [0.5, 0.6) is 0 Å². The summed E-state index contributed by atoms with van der Waals surface area (Å²) in [7, 11) is -1.30. The number of amides is 1. The fourth-order valence-corrected chi connectivity index (χ4v) is 5.39. The first-order valence-electron chi connectivity index (χ1n) is 11.2. The lowest BCUT2D eigenvalue weighted by atomic mass is 9.78. The van der Waals surface area contributed by atoms with E-state index in [1.165, 1.54) is 6.42 Å².